The second kappa shape index (κ2) is 5.45. The summed E-state index contributed by atoms with van der Waals surface area (Å²) in [5.74, 6) is 0.783. The van der Waals surface area contributed by atoms with Gasteiger partial charge in [-0.3, -0.25) is 9.88 Å². The second-order valence-electron chi connectivity index (χ2n) is 4.93. The van der Waals surface area contributed by atoms with E-state index in [-0.39, 0.29) is 0 Å². The van der Waals surface area contributed by atoms with Gasteiger partial charge >= 0.3 is 0 Å². The highest BCUT2D eigenvalue weighted by molar-refractivity contribution is 5.53. The van der Waals surface area contributed by atoms with Crippen molar-refractivity contribution in [1.82, 2.24) is 19.9 Å². The van der Waals surface area contributed by atoms with Crippen molar-refractivity contribution in [1.29, 1.82) is 0 Å². The van der Waals surface area contributed by atoms with E-state index < -0.39 is 0 Å². The van der Waals surface area contributed by atoms with Crippen molar-refractivity contribution >= 4 is 0 Å². The van der Waals surface area contributed by atoms with Gasteiger partial charge in [-0.25, -0.2) is 9.97 Å². The van der Waals surface area contributed by atoms with Crippen LogP contribution in [0, 0.1) is 0 Å². The summed E-state index contributed by atoms with van der Waals surface area (Å²) in [6, 6.07) is 3.92. The van der Waals surface area contributed by atoms with Gasteiger partial charge in [0.25, 0.3) is 0 Å². The highest BCUT2D eigenvalue weighted by atomic mass is 15.1. The topological polar surface area (TPSA) is 41.9 Å². The lowest BCUT2D eigenvalue weighted by molar-refractivity contribution is 0.250. The average Bonchev–Trinajstić information content (AvgIpc) is 2.48. The summed E-state index contributed by atoms with van der Waals surface area (Å²) in [5.41, 5.74) is 3.45. The molecule has 4 heteroatoms. The molecular formula is C15H18N4. The maximum atomic E-state index is 4.72. The van der Waals surface area contributed by atoms with Crippen molar-refractivity contribution < 1.29 is 0 Å². The fourth-order valence-corrected chi connectivity index (χ4v) is 2.50. The molecule has 1 aliphatic rings. The largest absolute Gasteiger partial charge is 0.297 e. The second-order valence-corrected chi connectivity index (χ2v) is 4.93. The van der Waals surface area contributed by atoms with Gasteiger partial charge in [0, 0.05) is 37.2 Å². The van der Waals surface area contributed by atoms with Gasteiger partial charge in [0.1, 0.15) is 0 Å². The first-order chi connectivity index (χ1) is 9.36. The van der Waals surface area contributed by atoms with Crippen LogP contribution in [0.25, 0.3) is 11.4 Å². The summed E-state index contributed by atoms with van der Waals surface area (Å²) in [6.45, 7) is 5.43. The number of pyridine rings is 1. The van der Waals surface area contributed by atoms with Crippen LogP contribution in [0.5, 0.6) is 0 Å². The number of fused-ring (bicyclic) bond motifs is 1. The number of rotatable bonds is 3. The molecule has 0 saturated heterocycles. The van der Waals surface area contributed by atoms with Gasteiger partial charge in [0.05, 0.1) is 5.69 Å². The molecule has 0 saturated carbocycles. The van der Waals surface area contributed by atoms with Crippen LogP contribution in [-0.4, -0.2) is 32.9 Å². The van der Waals surface area contributed by atoms with Gasteiger partial charge in [0.2, 0.25) is 0 Å². The quantitative estimate of drug-likeness (QED) is 0.843. The zero-order valence-electron chi connectivity index (χ0n) is 11.2. The first-order valence-corrected chi connectivity index (χ1v) is 6.84. The average molecular weight is 254 g/mol. The van der Waals surface area contributed by atoms with E-state index in [1.165, 1.54) is 17.7 Å². The van der Waals surface area contributed by atoms with E-state index in [2.05, 4.69) is 21.8 Å². The fraction of sp³-hybridized carbons (Fsp3) is 0.400. The van der Waals surface area contributed by atoms with E-state index in [4.69, 9.17) is 4.98 Å². The molecule has 98 valence electrons. The maximum Gasteiger partial charge on any atom is 0.160 e. The van der Waals surface area contributed by atoms with Crippen molar-refractivity contribution in [2.45, 2.75) is 26.3 Å². The first kappa shape index (κ1) is 12.2. The van der Waals surface area contributed by atoms with Crippen LogP contribution in [-0.2, 0) is 13.0 Å². The standard InChI is InChI=1S/C15H18N4/c1-2-7-19-8-5-12-10-17-15(18-14(12)11-19)13-4-3-6-16-9-13/h3-4,6,9-10H,2,5,7-8,11H2,1H3. The Bertz CT molecular complexity index is 553. The zero-order valence-corrected chi connectivity index (χ0v) is 11.2. The summed E-state index contributed by atoms with van der Waals surface area (Å²) in [4.78, 5) is 15.8. The minimum Gasteiger partial charge on any atom is -0.297 e. The molecule has 2 aromatic heterocycles. The number of nitrogens with zero attached hydrogens (tertiary/aromatic N) is 4. The Hall–Kier alpha value is -1.81. The molecule has 0 spiro atoms. The lowest BCUT2D eigenvalue weighted by atomic mass is 10.1. The number of hydrogen-bond donors (Lipinski definition) is 0. The molecule has 0 aliphatic carbocycles. The van der Waals surface area contributed by atoms with E-state index in [1.54, 1.807) is 6.20 Å². The van der Waals surface area contributed by atoms with E-state index in [1.807, 2.05) is 24.5 Å². The third-order valence-electron chi connectivity index (χ3n) is 3.48. The van der Waals surface area contributed by atoms with Crippen LogP contribution in [0.1, 0.15) is 24.6 Å². The highest BCUT2D eigenvalue weighted by Gasteiger charge is 2.18. The van der Waals surface area contributed by atoms with Crippen LogP contribution >= 0.6 is 0 Å². The van der Waals surface area contributed by atoms with Crippen molar-refractivity contribution in [3.8, 4) is 11.4 Å². The Morgan fingerprint density at radius 1 is 1.32 bits per heavy atom. The van der Waals surface area contributed by atoms with Gasteiger partial charge in [-0.1, -0.05) is 6.92 Å². The summed E-state index contributed by atoms with van der Waals surface area (Å²) in [7, 11) is 0. The Kier molecular flexibility index (Phi) is 3.51. The lowest BCUT2D eigenvalue weighted by Crippen LogP contribution is -2.32. The van der Waals surface area contributed by atoms with Crippen LogP contribution in [0.2, 0.25) is 0 Å². The van der Waals surface area contributed by atoms with Crippen molar-refractivity contribution in [2.75, 3.05) is 13.1 Å². The SMILES string of the molecule is CCCN1CCc2cnc(-c3cccnc3)nc2C1. The smallest absolute Gasteiger partial charge is 0.160 e. The summed E-state index contributed by atoms with van der Waals surface area (Å²) in [6.07, 6.45) is 7.81. The predicted molar refractivity (Wildman–Crippen MR) is 74.5 cm³/mol. The third-order valence-corrected chi connectivity index (χ3v) is 3.48. The number of aromatic nitrogens is 3. The van der Waals surface area contributed by atoms with Gasteiger partial charge < -0.3 is 0 Å². The van der Waals surface area contributed by atoms with Crippen molar-refractivity contribution in [3.63, 3.8) is 0 Å². The molecule has 2 aromatic rings. The summed E-state index contributed by atoms with van der Waals surface area (Å²) in [5, 5.41) is 0. The molecule has 0 atom stereocenters. The van der Waals surface area contributed by atoms with E-state index in [0.717, 1.165) is 37.4 Å². The highest BCUT2D eigenvalue weighted by Crippen LogP contribution is 2.20. The van der Waals surface area contributed by atoms with Crippen LogP contribution in [0.4, 0.5) is 0 Å². The Balaban J connectivity index is 1.89. The summed E-state index contributed by atoms with van der Waals surface area (Å²) < 4.78 is 0. The van der Waals surface area contributed by atoms with Crippen LogP contribution in [0.3, 0.4) is 0 Å². The molecule has 0 radical (unpaired) electrons. The summed E-state index contributed by atoms with van der Waals surface area (Å²) >= 11 is 0. The normalized spacial score (nSPS) is 15.2. The first-order valence-electron chi connectivity index (χ1n) is 6.84. The Morgan fingerprint density at radius 3 is 3.05 bits per heavy atom. The van der Waals surface area contributed by atoms with E-state index >= 15 is 0 Å². The third kappa shape index (κ3) is 2.63. The lowest BCUT2D eigenvalue weighted by Gasteiger charge is -2.27. The molecule has 0 fully saturated rings. The van der Waals surface area contributed by atoms with Crippen molar-refractivity contribution in [2.24, 2.45) is 0 Å². The van der Waals surface area contributed by atoms with Crippen molar-refractivity contribution in [3.05, 3.63) is 42.0 Å². The molecule has 0 unspecified atom stereocenters. The van der Waals surface area contributed by atoms with Gasteiger partial charge in [-0.2, -0.15) is 0 Å². The minimum absolute atomic E-state index is 0.783. The fourth-order valence-electron chi connectivity index (χ4n) is 2.50. The molecule has 3 heterocycles. The van der Waals surface area contributed by atoms with Crippen LogP contribution in [0.15, 0.2) is 30.7 Å². The molecule has 19 heavy (non-hydrogen) atoms. The molecule has 3 rings (SSSR count). The van der Waals surface area contributed by atoms with E-state index in [0.29, 0.717) is 0 Å². The van der Waals surface area contributed by atoms with Gasteiger partial charge in [-0.15, -0.1) is 0 Å². The molecule has 1 aliphatic heterocycles. The minimum atomic E-state index is 0.783. The molecule has 0 bridgehead atoms. The molecule has 0 amide bonds. The molecule has 0 aromatic carbocycles. The molecular weight excluding hydrogens is 236 g/mol. The molecule has 4 nitrogen and oxygen atoms in total. The van der Waals surface area contributed by atoms with Crippen LogP contribution < -0.4 is 0 Å². The molecule has 0 N–H and O–H groups in total. The Morgan fingerprint density at radius 2 is 2.26 bits per heavy atom. The number of hydrogen-bond acceptors (Lipinski definition) is 4. The van der Waals surface area contributed by atoms with Gasteiger partial charge in [-0.05, 0) is 37.1 Å². The van der Waals surface area contributed by atoms with Gasteiger partial charge in [0.15, 0.2) is 5.82 Å². The Labute approximate surface area is 113 Å². The zero-order chi connectivity index (χ0) is 13.1. The van der Waals surface area contributed by atoms with E-state index in [9.17, 15) is 0 Å². The monoisotopic (exact) mass is 254 g/mol. The predicted octanol–water partition coefficient (Wildman–Crippen LogP) is 2.31. The maximum absolute atomic E-state index is 4.72.